The van der Waals surface area contributed by atoms with Gasteiger partial charge in [-0.05, 0) is 12.0 Å². The lowest BCUT2D eigenvalue weighted by molar-refractivity contribution is -0.157. The van der Waals surface area contributed by atoms with Crippen molar-refractivity contribution in [2.45, 2.75) is 13.5 Å². The second-order valence-corrected chi connectivity index (χ2v) is 7.16. The lowest BCUT2D eigenvalue weighted by Gasteiger charge is -2.30. The maximum absolute atomic E-state index is 12.9. The first-order valence-electron chi connectivity index (χ1n) is 8.98. The first-order valence-corrected chi connectivity index (χ1v) is 8.98. The van der Waals surface area contributed by atoms with Crippen molar-refractivity contribution >= 4 is 28.7 Å². The van der Waals surface area contributed by atoms with Crippen LogP contribution in [0.3, 0.4) is 0 Å². The Labute approximate surface area is 156 Å². The van der Waals surface area contributed by atoms with Crippen LogP contribution in [0.2, 0.25) is 0 Å². The molecule has 2 aromatic rings. The maximum atomic E-state index is 12.9. The quantitative estimate of drug-likeness (QED) is 0.475. The fourth-order valence-corrected chi connectivity index (χ4v) is 4.07. The van der Waals surface area contributed by atoms with Crippen LogP contribution in [0.25, 0.3) is 10.9 Å². The van der Waals surface area contributed by atoms with Gasteiger partial charge in [-0.1, -0.05) is 43.3 Å². The minimum Gasteiger partial charge on any atom is -0.460 e. The number of carbonyl (C=O) groups excluding carboxylic acids is 3. The number of nitrogens with zero attached hydrogens (tertiary/aromatic N) is 2. The predicted molar refractivity (Wildman–Crippen MR) is 98.1 cm³/mol. The molecule has 1 aliphatic heterocycles. The number of aromatic nitrogens is 1. The average molecular weight is 364 g/mol. The molecule has 0 radical (unpaired) electrons. The fraction of sp³-hybridized carbons (Fsp3) is 0.333. The topological polar surface area (TPSA) is 76.6 Å². The highest BCUT2D eigenvalue weighted by atomic mass is 16.5. The number of allylic oxidation sites excluding steroid dienone is 1. The molecule has 1 saturated heterocycles. The largest absolute Gasteiger partial charge is 0.460 e. The first kappa shape index (κ1) is 17.4. The molecular formula is C21H20N2O4. The fourth-order valence-electron chi connectivity index (χ4n) is 4.07. The summed E-state index contributed by atoms with van der Waals surface area (Å²) >= 11 is 0. The minimum atomic E-state index is -0.680. The zero-order valence-electron chi connectivity index (χ0n) is 15.2. The van der Waals surface area contributed by atoms with Gasteiger partial charge in [0.2, 0.25) is 11.8 Å². The monoisotopic (exact) mass is 364 g/mol. The third-order valence-electron chi connectivity index (χ3n) is 5.55. The molecule has 4 atom stereocenters. The Morgan fingerprint density at radius 3 is 2.74 bits per heavy atom. The molecule has 0 unspecified atom stereocenters. The summed E-state index contributed by atoms with van der Waals surface area (Å²) in [6.07, 6.45) is 5.28. The molecule has 2 heterocycles. The van der Waals surface area contributed by atoms with Crippen LogP contribution >= 0.6 is 0 Å². The highest BCUT2D eigenvalue weighted by molar-refractivity contribution is 6.07. The highest BCUT2D eigenvalue weighted by Gasteiger charge is 2.53. The number of benzene rings is 1. The van der Waals surface area contributed by atoms with Crippen molar-refractivity contribution in [3.8, 4) is 0 Å². The Morgan fingerprint density at radius 2 is 1.93 bits per heavy atom. The zero-order valence-corrected chi connectivity index (χ0v) is 15.2. The third kappa shape index (κ3) is 2.81. The maximum Gasteiger partial charge on any atom is 0.310 e. The van der Waals surface area contributed by atoms with E-state index in [1.165, 1.54) is 7.05 Å². The molecule has 6 heteroatoms. The van der Waals surface area contributed by atoms with Crippen LogP contribution in [-0.2, 0) is 25.7 Å². The Morgan fingerprint density at radius 1 is 1.15 bits per heavy atom. The molecule has 0 N–H and O–H groups in total. The molecule has 1 aromatic carbocycles. The lowest BCUT2D eigenvalue weighted by Crippen LogP contribution is -2.39. The standard InChI is InChI=1S/C21H20N2O4/c1-12-8-9-15-17(20(25)23(2)19(15)24)16(12)21(26)27-11-14-6-3-5-13-7-4-10-22-18(13)14/h3-10,12,15-17H,11H2,1-2H3/t12-,15+,16-,17-/m1/s1. The number of esters is 1. The molecule has 1 fully saturated rings. The number of carbonyl (C=O) groups is 3. The van der Waals surface area contributed by atoms with Crippen LogP contribution < -0.4 is 0 Å². The van der Waals surface area contributed by atoms with E-state index < -0.39 is 23.7 Å². The molecule has 6 nitrogen and oxygen atoms in total. The summed E-state index contributed by atoms with van der Waals surface area (Å²) in [5.74, 6) is -3.11. The molecule has 27 heavy (non-hydrogen) atoms. The van der Waals surface area contributed by atoms with Crippen molar-refractivity contribution in [2.75, 3.05) is 7.05 Å². The van der Waals surface area contributed by atoms with Crippen LogP contribution in [0.5, 0.6) is 0 Å². The molecule has 1 aromatic heterocycles. The number of hydrogen-bond acceptors (Lipinski definition) is 5. The summed E-state index contributed by atoms with van der Waals surface area (Å²) in [6.45, 7) is 1.95. The number of imide groups is 1. The zero-order chi connectivity index (χ0) is 19.1. The van der Waals surface area contributed by atoms with Crippen molar-refractivity contribution in [2.24, 2.45) is 23.7 Å². The summed E-state index contributed by atoms with van der Waals surface area (Å²) in [7, 11) is 1.46. The van der Waals surface area contributed by atoms with Crippen LogP contribution in [0.4, 0.5) is 0 Å². The normalized spacial score (nSPS) is 27.1. The van der Waals surface area contributed by atoms with E-state index in [4.69, 9.17) is 4.74 Å². The lowest BCUT2D eigenvalue weighted by atomic mass is 9.72. The Balaban J connectivity index is 1.56. The summed E-state index contributed by atoms with van der Waals surface area (Å²) in [5.41, 5.74) is 1.59. The van der Waals surface area contributed by atoms with Crippen LogP contribution in [-0.4, -0.2) is 34.7 Å². The van der Waals surface area contributed by atoms with E-state index >= 15 is 0 Å². The van der Waals surface area contributed by atoms with Crippen molar-refractivity contribution in [1.82, 2.24) is 9.88 Å². The number of ether oxygens (including phenoxy) is 1. The van der Waals surface area contributed by atoms with Crippen molar-refractivity contribution in [3.63, 3.8) is 0 Å². The van der Waals surface area contributed by atoms with Gasteiger partial charge in [0.15, 0.2) is 0 Å². The number of pyridine rings is 1. The summed E-state index contributed by atoms with van der Waals surface area (Å²) in [6, 6.07) is 9.51. The van der Waals surface area contributed by atoms with Gasteiger partial charge in [0.05, 0.1) is 23.3 Å². The average Bonchev–Trinajstić information content (AvgIpc) is 2.90. The molecule has 0 bridgehead atoms. The number of likely N-dealkylation sites (tertiary alicyclic amines) is 1. The Bertz CT molecular complexity index is 962. The molecule has 138 valence electrons. The minimum absolute atomic E-state index is 0.0789. The smallest absolute Gasteiger partial charge is 0.310 e. The Hall–Kier alpha value is -3.02. The van der Waals surface area contributed by atoms with Crippen LogP contribution in [0.15, 0.2) is 48.7 Å². The van der Waals surface area contributed by atoms with Gasteiger partial charge in [-0.15, -0.1) is 0 Å². The van der Waals surface area contributed by atoms with Crippen molar-refractivity contribution in [3.05, 3.63) is 54.2 Å². The van der Waals surface area contributed by atoms with Gasteiger partial charge in [0.25, 0.3) is 0 Å². The van der Waals surface area contributed by atoms with Gasteiger partial charge < -0.3 is 4.74 Å². The first-order chi connectivity index (χ1) is 13.0. The van der Waals surface area contributed by atoms with E-state index in [9.17, 15) is 14.4 Å². The van der Waals surface area contributed by atoms with Crippen molar-refractivity contribution < 1.29 is 19.1 Å². The Kier molecular flexibility index (Phi) is 4.26. The van der Waals surface area contributed by atoms with E-state index in [2.05, 4.69) is 4.98 Å². The van der Waals surface area contributed by atoms with Gasteiger partial charge in [0.1, 0.15) is 6.61 Å². The molecule has 1 aliphatic carbocycles. The summed E-state index contributed by atoms with van der Waals surface area (Å²) in [5, 5.41) is 0.971. The second kappa shape index (κ2) is 6.61. The number of hydrogen-bond donors (Lipinski definition) is 0. The molecule has 0 saturated carbocycles. The van der Waals surface area contributed by atoms with E-state index in [-0.39, 0.29) is 24.3 Å². The van der Waals surface area contributed by atoms with Gasteiger partial charge in [-0.2, -0.15) is 0 Å². The number of fused-ring (bicyclic) bond motifs is 2. The number of amides is 2. The van der Waals surface area contributed by atoms with E-state index in [0.29, 0.717) is 0 Å². The van der Waals surface area contributed by atoms with Crippen LogP contribution in [0, 0.1) is 23.7 Å². The van der Waals surface area contributed by atoms with Gasteiger partial charge in [0, 0.05) is 24.2 Å². The second-order valence-electron chi connectivity index (χ2n) is 7.16. The van der Waals surface area contributed by atoms with Gasteiger partial charge >= 0.3 is 5.97 Å². The summed E-state index contributed by atoms with van der Waals surface area (Å²) in [4.78, 5) is 43.1. The molecule has 2 aliphatic rings. The molecular weight excluding hydrogens is 344 g/mol. The van der Waals surface area contributed by atoms with E-state index in [1.54, 1.807) is 12.3 Å². The molecule has 0 spiro atoms. The third-order valence-corrected chi connectivity index (χ3v) is 5.55. The summed E-state index contributed by atoms with van der Waals surface area (Å²) < 4.78 is 5.58. The number of para-hydroxylation sites is 1. The molecule has 4 rings (SSSR count). The predicted octanol–water partition coefficient (Wildman–Crippen LogP) is 2.33. The van der Waals surface area contributed by atoms with Gasteiger partial charge in [-0.25, -0.2) is 0 Å². The molecule has 2 amide bonds. The van der Waals surface area contributed by atoms with E-state index in [0.717, 1.165) is 21.4 Å². The van der Waals surface area contributed by atoms with Crippen LogP contribution in [0.1, 0.15) is 12.5 Å². The van der Waals surface area contributed by atoms with E-state index in [1.807, 2.05) is 43.3 Å². The van der Waals surface area contributed by atoms with Gasteiger partial charge in [-0.3, -0.25) is 24.3 Å². The highest BCUT2D eigenvalue weighted by Crippen LogP contribution is 2.41. The number of rotatable bonds is 3. The van der Waals surface area contributed by atoms with Crippen molar-refractivity contribution in [1.29, 1.82) is 0 Å². The SMILES string of the molecule is C[C@@H]1C=C[C@@H]2C(=O)N(C)C(=O)[C@H]2[C@@H]1C(=O)OCc1cccc2cccnc12.